The normalized spacial score (nSPS) is 22.9. The van der Waals surface area contributed by atoms with Gasteiger partial charge in [0.2, 0.25) is 11.8 Å². The van der Waals surface area contributed by atoms with Gasteiger partial charge >= 0.3 is 0 Å². The monoisotopic (exact) mass is 519 g/mol. The van der Waals surface area contributed by atoms with Crippen LogP contribution in [0.15, 0.2) is 18.2 Å². The Balaban J connectivity index is 1.12. The number of nitrogens with zero attached hydrogens (tertiary/aromatic N) is 5. The lowest BCUT2D eigenvalue weighted by molar-refractivity contribution is -0.135. The van der Waals surface area contributed by atoms with Crippen molar-refractivity contribution < 1.29 is 19.5 Å². The van der Waals surface area contributed by atoms with Crippen LogP contribution in [0, 0.1) is 19.8 Å². The number of carbonyl (C=O) groups excluding carboxylic acids is 3. The third-order valence-electron chi connectivity index (χ3n) is 9.32. The highest BCUT2D eigenvalue weighted by atomic mass is 16.3. The summed E-state index contributed by atoms with van der Waals surface area (Å²) >= 11 is 0. The quantitative estimate of drug-likeness (QED) is 0.650. The number of carbonyl (C=O) groups is 3. The lowest BCUT2D eigenvalue weighted by Crippen LogP contribution is -2.51. The molecule has 9 heteroatoms. The molecule has 0 spiro atoms. The maximum Gasteiger partial charge on any atom is 0.274 e. The molecule has 0 unspecified atom stereocenters. The van der Waals surface area contributed by atoms with Gasteiger partial charge in [-0.25, -0.2) is 0 Å². The molecular weight excluding hydrogens is 482 g/mol. The van der Waals surface area contributed by atoms with Crippen LogP contribution in [0.25, 0.3) is 0 Å². The van der Waals surface area contributed by atoms with Gasteiger partial charge in [0.15, 0.2) is 5.69 Å². The standard InChI is InChI=1S/C29H37N5O4/c1-18-4-3-5-22(19(18)2)20-6-8-31(9-7-20)25(36)16-34-24-15-21-14-23(21)27(24)28(30-34)29(38)33-12-10-32(11-13-33)26(37)17-35/h3-5,20-21,23,35H,6-17H2,1-2H3/t21-,23-/m0/s1. The predicted octanol–water partition coefficient (Wildman–Crippen LogP) is 1.84. The molecule has 4 aliphatic rings. The van der Waals surface area contributed by atoms with Crippen molar-refractivity contribution in [2.24, 2.45) is 5.92 Å². The van der Waals surface area contributed by atoms with Crippen LogP contribution in [0.3, 0.4) is 0 Å². The first kappa shape index (κ1) is 25.1. The number of amides is 3. The van der Waals surface area contributed by atoms with Gasteiger partial charge in [-0.15, -0.1) is 0 Å². The smallest absolute Gasteiger partial charge is 0.274 e. The van der Waals surface area contributed by atoms with Crippen LogP contribution < -0.4 is 0 Å². The van der Waals surface area contributed by atoms with Crippen molar-refractivity contribution in [2.75, 3.05) is 45.9 Å². The molecule has 1 saturated carbocycles. The van der Waals surface area contributed by atoms with Crippen molar-refractivity contribution in [3.8, 4) is 0 Å². The number of aliphatic hydroxyl groups is 1. The molecule has 1 aromatic carbocycles. The number of likely N-dealkylation sites (tertiary alicyclic amines) is 1. The first-order chi connectivity index (χ1) is 18.4. The van der Waals surface area contributed by atoms with E-state index in [1.165, 1.54) is 16.7 Å². The number of fused-ring (bicyclic) bond motifs is 3. The summed E-state index contributed by atoms with van der Waals surface area (Å²) in [5.74, 6) is 1.11. The first-order valence-corrected chi connectivity index (χ1v) is 14.0. The molecule has 1 aromatic heterocycles. The fourth-order valence-electron chi connectivity index (χ4n) is 6.77. The highest BCUT2D eigenvalue weighted by Gasteiger charge is 2.50. The Bertz CT molecular complexity index is 1270. The minimum atomic E-state index is -0.508. The summed E-state index contributed by atoms with van der Waals surface area (Å²) in [4.78, 5) is 43.9. The van der Waals surface area contributed by atoms with Crippen molar-refractivity contribution >= 4 is 17.7 Å². The Morgan fingerprint density at radius 3 is 2.34 bits per heavy atom. The number of benzene rings is 1. The Labute approximate surface area is 223 Å². The maximum atomic E-state index is 13.5. The minimum absolute atomic E-state index is 0.0745. The van der Waals surface area contributed by atoms with Crippen molar-refractivity contribution in [2.45, 2.75) is 57.9 Å². The van der Waals surface area contributed by atoms with Gasteiger partial charge in [0.1, 0.15) is 13.2 Å². The molecule has 2 aliphatic heterocycles. The molecule has 2 aliphatic carbocycles. The largest absolute Gasteiger partial charge is 0.387 e. The molecular formula is C29H37N5O4. The van der Waals surface area contributed by atoms with Gasteiger partial charge in [0.25, 0.3) is 5.91 Å². The molecule has 2 aromatic rings. The van der Waals surface area contributed by atoms with Crippen molar-refractivity contribution in [1.82, 2.24) is 24.5 Å². The van der Waals surface area contributed by atoms with E-state index in [-0.39, 0.29) is 24.3 Å². The molecule has 9 nitrogen and oxygen atoms in total. The van der Waals surface area contributed by atoms with Crippen LogP contribution in [-0.2, 0) is 22.6 Å². The number of rotatable bonds is 5. The van der Waals surface area contributed by atoms with Crippen LogP contribution in [0.2, 0.25) is 0 Å². The summed E-state index contributed by atoms with van der Waals surface area (Å²) < 4.78 is 1.80. The lowest BCUT2D eigenvalue weighted by Gasteiger charge is -2.34. The van der Waals surface area contributed by atoms with Crippen LogP contribution >= 0.6 is 0 Å². The van der Waals surface area contributed by atoms with E-state index in [1.807, 2.05) is 4.90 Å². The highest BCUT2D eigenvalue weighted by molar-refractivity contribution is 5.95. The van der Waals surface area contributed by atoms with Crippen LogP contribution in [0.4, 0.5) is 0 Å². The second-order valence-electron chi connectivity index (χ2n) is 11.4. The molecule has 38 heavy (non-hydrogen) atoms. The first-order valence-electron chi connectivity index (χ1n) is 14.0. The number of aromatic nitrogens is 2. The van der Waals surface area contributed by atoms with Gasteiger partial charge in [-0.3, -0.25) is 19.1 Å². The van der Waals surface area contributed by atoms with E-state index >= 15 is 0 Å². The van der Waals surface area contributed by atoms with Crippen molar-refractivity contribution in [3.63, 3.8) is 0 Å². The average molecular weight is 520 g/mol. The third kappa shape index (κ3) is 4.40. The molecule has 2 saturated heterocycles. The van der Waals surface area contributed by atoms with Crippen molar-refractivity contribution in [1.29, 1.82) is 0 Å². The number of aliphatic hydroxyl groups excluding tert-OH is 1. The zero-order chi connectivity index (χ0) is 26.6. The fraction of sp³-hybridized carbons (Fsp3) is 0.586. The van der Waals surface area contributed by atoms with Gasteiger partial charge in [-0.05, 0) is 74.0 Å². The lowest BCUT2D eigenvalue weighted by atomic mass is 9.85. The summed E-state index contributed by atoms with van der Waals surface area (Å²) in [6.07, 6.45) is 3.91. The summed E-state index contributed by atoms with van der Waals surface area (Å²) in [6.45, 7) is 7.19. The van der Waals surface area contributed by atoms with E-state index in [9.17, 15) is 14.4 Å². The average Bonchev–Trinajstić information content (AvgIpc) is 3.47. The summed E-state index contributed by atoms with van der Waals surface area (Å²) in [6, 6.07) is 6.51. The van der Waals surface area contributed by atoms with E-state index in [4.69, 9.17) is 10.2 Å². The second-order valence-corrected chi connectivity index (χ2v) is 11.4. The molecule has 6 rings (SSSR count). The fourth-order valence-corrected chi connectivity index (χ4v) is 6.77. The van der Waals surface area contributed by atoms with E-state index in [2.05, 4.69) is 32.0 Å². The second kappa shape index (κ2) is 9.84. The van der Waals surface area contributed by atoms with E-state index in [0.717, 1.165) is 50.0 Å². The third-order valence-corrected chi connectivity index (χ3v) is 9.32. The van der Waals surface area contributed by atoms with Crippen LogP contribution in [0.1, 0.15) is 69.5 Å². The number of piperazine rings is 1. The van der Waals surface area contributed by atoms with Crippen LogP contribution in [0.5, 0.6) is 0 Å². The summed E-state index contributed by atoms with van der Waals surface area (Å²) in [7, 11) is 0. The van der Waals surface area contributed by atoms with Gasteiger partial charge in [-0.1, -0.05) is 18.2 Å². The zero-order valence-corrected chi connectivity index (χ0v) is 22.4. The molecule has 0 bridgehead atoms. The number of piperidine rings is 1. The van der Waals surface area contributed by atoms with E-state index < -0.39 is 6.61 Å². The molecule has 1 N–H and O–H groups in total. The van der Waals surface area contributed by atoms with E-state index in [0.29, 0.717) is 49.6 Å². The summed E-state index contributed by atoms with van der Waals surface area (Å²) in [5.41, 5.74) is 6.69. The molecule has 2 atom stereocenters. The minimum Gasteiger partial charge on any atom is -0.387 e. The Kier molecular flexibility index (Phi) is 6.50. The Hall–Kier alpha value is -3.20. The number of aryl methyl sites for hydroxylation is 1. The number of hydrogen-bond donors (Lipinski definition) is 1. The maximum absolute atomic E-state index is 13.5. The predicted molar refractivity (Wildman–Crippen MR) is 141 cm³/mol. The van der Waals surface area contributed by atoms with Gasteiger partial charge in [0, 0.05) is 50.5 Å². The van der Waals surface area contributed by atoms with Gasteiger partial charge in [-0.2, -0.15) is 5.10 Å². The van der Waals surface area contributed by atoms with Gasteiger partial charge in [0.05, 0.1) is 0 Å². The number of hydrogen-bond acceptors (Lipinski definition) is 5. The van der Waals surface area contributed by atoms with Crippen molar-refractivity contribution in [3.05, 3.63) is 51.8 Å². The topological polar surface area (TPSA) is 99.0 Å². The molecule has 0 radical (unpaired) electrons. The van der Waals surface area contributed by atoms with Crippen LogP contribution in [-0.4, -0.2) is 93.2 Å². The van der Waals surface area contributed by atoms with E-state index in [1.54, 1.807) is 14.5 Å². The SMILES string of the molecule is Cc1cccc(C2CCN(C(=O)Cn3nc(C(=O)N4CCN(C(=O)CO)CC4)c4c3C[C@@H]3C[C@H]43)CC2)c1C. The zero-order valence-electron chi connectivity index (χ0n) is 22.4. The van der Waals surface area contributed by atoms with Gasteiger partial charge < -0.3 is 19.8 Å². The molecule has 3 fully saturated rings. The Morgan fingerprint density at radius 2 is 1.63 bits per heavy atom. The molecule has 202 valence electrons. The summed E-state index contributed by atoms with van der Waals surface area (Å²) in [5, 5.41) is 13.8. The molecule has 3 amide bonds. The molecule has 3 heterocycles. The highest BCUT2D eigenvalue weighted by Crippen LogP contribution is 2.57. The Morgan fingerprint density at radius 1 is 0.947 bits per heavy atom.